The fourth-order valence-electron chi connectivity index (χ4n) is 4.95. The van der Waals surface area contributed by atoms with E-state index in [1.54, 1.807) is 12.4 Å². The minimum absolute atomic E-state index is 0.0182. The Kier molecular flexibility index (Phi) is 12.1. The van der Waals surface area contributed by atoms with Gasteiger partial charge in [-0.3, -0.25) is 19.6 Å². The van der Waals surface area contributed by atoms with Crippen LogP contribution in [0.1, 0.15) is 56.1 Å². The molecule has 0 unspecified atom stereocenters. The van der Waals surface area contributed by atoms with Crippen LogP contribution in [0, 0.1) is 0 Å². The number of benzene rings is 2. The molecule has 0 aliphatic heterocycles. The number of carboxylic acid groups (broad SMARTS) is 2. The zero-order valence-corrected chi connectivity index (χ0v) is 24.3. The van der Waals surface area contributed by atoms with Crippen LogP contribution in [0.5, 0.6) is 11.5 Å². The highest BCUT2D eigenvalue weighted by Crippen LogP contribution is 2.31. The lowest BCUT2D eigenvalue weighted by molar-refractivity contribution is -0.138. The third-order valence-electron chi connectivity index (χ3n) is 7.12. The average Bonchev–Trinajstić information content (AvgIpc) is 3.02. The van der Waals surface area contributed by atoms with Crippen molar-refractivity contribution in [3.05, 3.63) is 96.6 Å². The Morgan fingerprint density at radius 2 is 1.28 bits per heavy atom. The molecule has 0 saturated heterocycles. The summed E-state index contributed by atoms with van der Waals surface area (Å²) in [6.45, 7) is 0.886. The smallest absolute Gasteiger partial charge is 0.303 e. The largest absolute Gasteiger partial charge is 0.494 e. The number of aliphatic carboxylic acids is 2. The summed E-state index contributed by atoms with van der Waals surface area (Å²) >= 11 is 0. The van der Waals surface area contributed by atoms with E-state index < -0.39 is 11.9 Å². The van der Waals surface area contributed by atoms with Crippen molar-refractivity contribution in [1.29, 1.82) is 0 Å². The number of unbranched alkanes of at least 4 members (excludes halogenated alkanes) is 3. The van der Waals surface area contributed by atoms with Gasteiger partial charge in [0.15, 0.2) is 0 Å². The molecule has 0 bridgehead atoms. The predicted molar refractivity (Wildman–Crippen MR) is 165 cm³/mol. The van der Waals surface area contributed by atoms with Crippen LogP contribution in [-0.2, 0) is 22.4 Å². The molecule has 0 fully saturated rings. The van der Waals surface area contributed by atoms with Gasteiger partial charge in [0.25, 0.3) is 0 Å². The molecule has 224 valence electrons. The van der Waals surface area contributed by atoms with Crippen molar-refractivity contribution in [2.75, 3.05) is 13.2 Å². The van der Waals surface area contributed by atoms with Gasteiger partial charge in [0.05, 0.1) is 13.2 Å². The molecule has 0 spiro atoms. The Bertz CT molecular complexity index is 1400. The van der Waals surface area contributed by atoms with Crippen LogP contribution in [-0.4, -0.2) is 45.3 Å². The summed E-state index contributed by atoms with van der Waals surface area (Å²) in [6, 6.07) is 19.9. The van der Waals surface area contributed by atoms with Crippen LogP contribution in [0.2, 0.25) is 0 Å². The fraction of sp³-hybridized carbons (Fsp3) is 0.314. The van der Waals surface area contributed by atoms with E-state index in [1.807, 2.05) is 67.0 Å². The summed E-state index contributed by atoms with van der Waals surface area (Å²) < 4.78 is 12.1. The number of aryl methyl sites for hydroxylation is 1. The summed E-state index contributed by atoms with van der Waals surface area (Å²) in [7, 11) is 0. The maximum absolute atomic E-state index is 11.3. The Labute approximate surface area is 252 Å². The number of rotatable bonds is 18. The topological polar surface area (TPSA) is 119 Å². The molecule has 2 aromatic heterocycles. The number of hydrogen-bond donors (Lipinski definition) is 2. The third-order valence-corrected chi connectivity index (χ3v) is 7.12. The van der Waals surface area contributed by atoms with Gasteiger partial charge in [-0.25, -0.2) is 0 Å². The summed E-state index contributed by atoms with van der Waals surface area (Å²) in [6.07, 6.45) is 12.8. The van der Waals surface area contributed by atoms with Crippen molar-refractivity contribution < 1.29 is 29.3 Å². The van der Waals surface area contributed by atoms with Crippen molar-refractivity contribution in [1.82, 2.24) is 9.97 Å². The van der Waals surface area contributed by atoms with E-state index in [4.69, 9.17) is 14.6 Å². The molecule has 8 nitrogen and oxygen atoms in total. The summed E-state index contributed by atoms with van der Waals surface area (Å²) in [4.78, 5) is 30.6. The highest BCUT2D eigenvalue weighted by Gasteiger charge is 2.12. The minimum Gasteiger partial charge on any atom is -0.494 e. The van der Waals surface area contributed by atoms with Crippen LogP contribution in [0.25, 0.3) is 22.3 Å². The first-order chi connectivity index (χ1) is 21.0. The molecule has 4 rings (SSSR count). The molecule has 0 aliphatic rings. The Balaban J connectivity index is 1.29. The molecule has 8 heteroatoms. The second kappa shape index (κ2) is 16.7. The quantitative estimate of drug-likeness (QED) is 0.118. The molecule has 4 aromatic rings. The Morgan fingerprint density at radius 3 is 1.91 bits per heavy atom. The van der Waals surface area contributed by atoms with Crippen LogP contribution in [0.4, 0.5) is 0 Å². The van der Waals surface area contributed by atoms with Crippen LogP contribution in [0.3, 0.4) is 0 Å². The molecule has 0 amide bonds. The number of pyridine rings is 2. The van der Waals surface area contributed by atoms with E-state index in [0.29, 0.717) is 25.2 Å². The molecular formula is C35H38N2O6. The number of carboxylic acids is 2. The van der Waals surface area contributed by atoms with Crippen molar-refractivity contribution in [3.8, 4) is 33.8 Å². The van der Waals surface area contributed by atoms with Gasteiger partial charge in [0.1, 0.15) is 11.5 Å². The van der Waals surface area contributed by atoms with Crippen molar-refractivity contribution in [3.63, 3.8) is 0 Å². The molecule has 2 aromatic carbocycles. The summed E-state index contributed by atoms with van der Waals surface area (Å²) in [5.74, 6) is -0.257. The minimum atomic E-state index is -0.860. The molecule has 43 heavy (non-hydrogen) atoms. The number of aromatic nitrogens is 2. The van der Waals surface area contributed by atoms with Crippen molar-refractivity contribution >= 4 is 11.9 Å². The van der Waals surface area contributed by atoms with Gasteiger partial charge in [0, 0.05) is 48.8 Å². The molecular weight excluding hydrogens is 544 g/mol. The third kappa shape index (κ3) is 10.3. The lowest BCUT2D eigenvalue weighted by Gasteiger charge is -2.15. The normalized spacial score (nSPS) is 10.8. The monoisotopic (exact) mass is 582 g/mol. The van der Waals surface area contributed by atoms with E-state index in [-0.39, 0.29) is 19.4 Å². The van der Waals surface area contributed by atoms with Gasteiger partial charge in [0.2, 0.25) is 0 Å². The first kappa shape index (κ1) is 31.2. The van der Waals surface area contributed by atoms with Gasteiger partial charge in [-0.15, -0.1) is 0 Å². The molecule has 0 saturated carbocycles. The predicted octanol–water partition coefficient (Wildman–Crippen LogP) is 7.25. The second-order valence-corrected chi connectivity index (χ2v) is 10.4. The van der Waals surface area contributed by atoms with Crippen molar-refractivity contribution in [2.45, 2.75) is 57.8 Å². The number of hydrogen-bond acceptors (Lipinski definition) is 6. The van der Waals surface area contributed by atoms with E-state index in [9.17, 15) is 14.7 Å². The lowest BCUT2D eigenvalue weighted by atomic mass is 9.97. The highest BCUT2D eigenvalue weighted by atomic mass is 16.5. The van der Waals surface area contributed by atoms with E-state index in [0.717, 1.165) is 71.2 Å². The zero-order chi connectivity index (χ0) is 30.3. The van der Waals surface area contributed by atoms with E-state index in [1.165, 1.54) is 0 Å². The number of carbonyl (C=O) groups is 2. The maximum Gasteiger partial charge on any atom is 0.303 e. The van der Waals surface area contributed by atoms with Crippen LogP contribution in [0.15, 0.2) is 85.5 Å². The first-order valence-corrected chi connectivity index (χ1v) is 14.8. The van der Waals surface area contributed by atoms with Gasteiger partial charge in [-0.05, 0) is 90.8 Å². The molecule has 0 atom stereocenters. The zero-order valence-electron chi connectivity index (χ0n) is 24.3. The van der Waals surface area contributed by atoms with Crippen LogP contribution < -0.4 is 9.47 Å². The molecule has 0 aliphatic carbocycles. The van der Waals surface area contributed by atoms with Gasteiger partial charge >= 0.3 is 11.9 Å². The average molecular weight is 583 g/mol. The molecule has 2 N–H and O–H groups in total. The van der Waals surface area contributed by atoms with E-state index in [2.05, 4.69) is 16.0 Å². The highest BCUT2D eigenvalue weighted by molar-refractivity contribution is 5.74. The molecule has 0 radical (unpaired) electrons. The fourth-order valence-corrected chi connectivity index (χ4v) is 4.95. The Morgan fingerprint density at radius 1 is 0.628 bits per heavy atom. The van der Waals surface area contributed by atoms with Gasteiger partial charge < -0.3 is 19.7 Å². The SMILES string of the molecule is O=C(O)CCCOc1cccc(CCCCCCOc2cc(-c3cccnc3)cc(-c3cccnc3)c2)c1CCC(=O)O. The van der Waals surface area contributed by atoms with Crippen LogP contribution >= 0.6 is 0 Å². The van der Waals surface area contributed by atoms with Crippen molar-refractivity contribution in [2.24, 2.45) is 0 Å². The molecule has 2 heterocycles. The maximum atomic E-state index is 11.3. The first-order valence-electron chi connectivity index (χ1n) is 14.8. The van der Waals surface area contributed by atoms with Gasteiger partial charge in [-0.2, -0.15) is 0 Å². The summed E-state index contributed by atoms with van der Waals surface area (Å²) in [5, 5.41) is 18.1. The second-order valence-electron chi connectivity index (χ2n) is 10.4. The lowest BCUT2D eigenvalue weighted by Crippen LogP contribution is -2.07. The Hall–Kier alpha value is -4.72. The standard InChI is InChI=1S/C35H38N2O6/c38-34(39)14-8-20-43-33-13-5-10-26(32(33)15-16-35(40)41)9-3-1-2-4-19-42-31-22-29(27-11-6-17-36-24-27)21-30(23-31)28-12-7-18-37-25-28/h5-7,10-13,17-18,21-25H,1-4,8-9,14-16,19-20H2,(H,38,39)(H,40,41). The number of ether oxygens (including phenoxy) is 2. The summed E-state index contributed by atoms with van der Waals surface area (Å²) in [5.41, 5.74) is 6.11. The van der Waals surface area contributed by atoms with E-state index >= 15 is 0 Å². The van der Waals surface area contributed by atoms with Gasteiger partial charge in [-0.1, -0.05) is 37.1 Å². The number of nitrogens with zero attached hydrogens (tertiary/aromatic N) is 2.